The van der Waals surface area contributed by atoms with E-state index in [9.17, 15) is 0 Å². The summed E-state index contributed by atoms with van der Waals surface area (Å²) in [5.74, 6) is 0.926. The molecular formula is C11H19N3O. The molecule has 1 aromatic rings. The molecular weight excluding hydrogens is 190 g/mol. The van der Waals surface area contributed by atoms with Gasteiger partial charge in [-0.2, -0.15) is 0 Å². The first-order valence-corrected chi connectivity index (χ1v) is 5.34. The van der Waals surface area contributed by atoms with Crippen LogP contribution >= 0.6 is 0 Å². The molecule has 0 amide bonds. The first kappa shape index (κ1) is 11.8. The summed E-state index contributed by atoms with van der Waals surface area (Å²) < 4.78 is 0. The van der Waals surface area contributed by atoms with E-state index in [1.165, 1.54) is 19.3 Å². The van der Waals surface area contributed by atoms with Crippen molar-refractivity contribution in [3.8, 4) is 0 Å². The van der Waals surface area contributed by atoms with Gasteiger partial charge in [0.2, 0.25) is 0 Å². The fourth-order valence-corrected chi connectivity index (χ4v) is 1.55. The van der Waals surface area contributed by atoms with E-state index >= 15 is 0 Å². The third-order valence-electron chi connectivity index (χ3n) is 2.37. The van der Waals surface area contributed by atoms with Crippen molar-refractivity contribution >= 4 is 11.6 Å². The highest BCUT2D eigenvalue weighted by Gasteiger charge is 2.07. The summed E-state index contributed by atoms with van der Waals surface area (Å²) in [4.78, 5) is 3.73. The average molecular weight is 209 g/mol. The summed E-state index contributed by atoms with van der Waals surface area (Å²) in [6.07, 6.45) is 5.92. The van der Waals surface area contributed by atoms with Crippen molar-refractivity contribution in [2.24, 2.45) is 0 Å². The average Bonchev–Trinajstić information content (AvgIpc) is 2.19. The molecule has 1 aliphatic carbocycles. The highest BCUT2D eigenvalue weighted by molar-refractivity contribution is 5.37. The Morgan fingerprint density at radius 2 is 1.60 bits per heavy atom. The summed E-state index contributed by atoms with van der Waals surface area (Å²) >= 11 is 0. The quantitative estimate of drug-likeness (QED) is 0.605. The number of hydrogen-bond acceptors (Lipinski definition) is 4. The number of hydrogen-bond donors (Lipinski definition) is 3. The number of nitrogen functional groups attached to an aromatic ring is 2. The van der Waals surface area contributed by atoms with E-state index < -0.39 is 0 Å². The van der Waals surface area contributed by atoms with Crippen LogP contribution in [0.4, 0.5) is 11.6 Å². The van der Waals surface area contributed by atoms with Crippen molar-refractivity contribution in [3.05, 3.63) is 18.2 Å². The Balaban J connectivity index is 0.000000151. The number of nitrogens with zero attached hydrogens (tertiary/aromatic N) is 1. The van der Waals surface area contributed by atoms with Crippen LogP contribution in [0.3, 0.4) is 0 Å². The molecule has 1 heterocycles. The van der Waals surface area contributed by atoms with Crippen LogP contribution in [0.1, 0.15) is 32.1 Å². The third-order valence-corrected chi connectivity index (χ3v) is 2.37. The second-order valence-electron chi connectivity index (χ2n) is 3.78. The summed E-state index contributed by atoms with van der Waals surface area (Å²) in [5.41, 5.74) is 10.5. The number of aliphatic hydroxyl groups excluding tert-OH is 1. The lowest BCUT2D eigenvalue weighted by atomic mass is 9.98. The minimum atomic E-state index is 0.0359. The van der Waals surface area contributed by atoms with E-state index in [-0.39, 0.29) is 6.10 Å². The SMILES string of the molecule is Nc1cccc(N)n1.OC1CCCCC1. The molecule has 1 aliphatic rings. The number of nitrogens with two attached hydrogens (primary N) is 2. The summed E-state index contributed by atoms with van der Waals surface area (Å²) in [7, 11) is 0. The lowest BCUT2D eigenvalue weighted by Gasteiger charge is -2.14. The van der Waals surface area contributed by atoms with Gasteiger partial charge in [-0.15, -0.1) is 0 Å². The van der Waals surface area contributed by atoms with Gasteiger partial charge < -0.3 is 16.6 Å². The van der Waals surface area contributed by atoms with Crippen molar-refractivity contribution in [2.45, 2.75) is 38.2 Å². The number of anilines is 2. The molecule has 4 heteroatoms. The van der Waals surface area contributed by atoms with Gasteiger partial charge in [0.05, 0.1) is 6.10 Å². The molecule has 0 unspecified atom stereocenters. The monoisotopic (exact) mass is 209 g/mol. The van der Waals surface area contributed by atoms with Gasteiger partial charge in [-0.1, -0.05) is 25.3 Å². The van der Waals surface area contributed by atoms with E-state index in [4.69, 9.17) is 16.6 Å². The molecule has 15 heavy (non-hydrogen) atoms. The number of aromatic nitrogens is 1. The van der Waals surface area contributed by atoms with Gasteiger partial charge in [0, 0.05) is 0 Å². The minimum Gasteiger partial charge on any atom is -0.393 e. The second-order valence-corrected chi connectivity index (χ2v) is 3.78. The van der Waals surface area contributed by atoms with Crippen LogP contribution in [0.15, 0.2) is 18.2 Å². The smallest absolute Gasteiger partial charge is 0.125 e. The lowest BCUT2D eigenvalue weighted by Crippen LogP contribution is -2.09. The molecule has 5 N–H and O–H groups in total. The van der Waals surface area contributed by atoms with Crippen molar-refractivity contribution in [1.82, 2.24) is 4.98 Å². The van der Waals surface area contributed by atoms with E-state index in [0.717, 1.165) is 12.8 Å². The summed E-state index contributed by atoms with van der Waals surface area (Å²) in [6.45, 7) is 0. The van der Waals surface area contributed by atoms with Crippen LogP contribution < -0.4 is 11.5 Å². The Labute approximate surface area is 90.3 Å². The second kappa shape index (κ2) is 6.24. The molecule has 1 aromatic heterocycles. The summed E-state index contributed by atoms with van der Waals surface area (Å²) in [6, 6.07) is 5.14. The first-order valence-electron chi connectivity index (χ1n) is 5.34. The van der Waals surface area contributed by atoms with Crippen molar-refractivity contribution in [3.63, 3.8) is 0 Å². The molecule has 0 saturated heterocycles. The number of aliphatic hydroxyl groups is 1. The largest absolute Gasteiger partial charge is 0.393 e. The molecule has 0 aromatic carbocycles. The molecule has 1 fully saturated rings. The van der Waals surface area contributed by atoms with Crippen LogP contribution in [-0.4, -0.2) is 16.2 Å². The predicted octanol–water partition coefficient (Wildman–Crippen LogP) is 1.56. The topological polar surface area (TPSA) is 85.2 Å². The predicted molar refractivity (Wildman–Crippen MR) is 62.2 cm³/mol. The normalized spacial score (nSPS) is 16.6. The van der Waals surface area contributed by atoms with E-state index in [1.807, 2.05) is 0 Å². The molecule has 0 radical (unpaired) electrons. The molecule has 0 aliphatic heterocycles. The van der Waals surface area contributed by atoms with Crippen LogP contribution in [0, 0.1) is 0 Å². The zero-order valence-corrected chi connectivity index (χ0v) is 8.89. The Morgan fingerprint density at radius 3 is 1.87 bits per heavy atom. The molecule has 0 spiro atoms. The van der Waals surface area contributed by atoms with Gasteiger partial charge in [0.25, 0.3) is 0 Å². The van der Waals surface area contributed by atoms with Crippen molar-refractivity contribution in [2.75, 3.05) is 11.5 Å². The van der Waals surface area contributed by atoms with Gasteiger partial charge in [0.1, 0.15) is 11.6 Å². The Bertz CT molecular complexity index is 268. The maximum Gasteiger partial charge on any atom is 0.125 e. The Kier molecular flexibility index (Phi) is 4.90. The minimum absolute atomic E-state index is 0.0359. The first-order chi connectivity index (χ1) is 7.18. The standard InChI is InChI=1S/C6H12O.C5H7N3/c7-6-4-2-1-3-5-6;6-4-2-1-3-5(7)8-4/h6-7H,1-5H2;1-3H,(H4,6,7,8). The highest BCUT2D eigenvalue weighted by Crippen LogP contribution is 2.16. The van der Waals surface area contributed by atoms with Gasteiger partial charge in [-0.25, -0.2) is 4.98 Å². The van der Waals surface area contributed by atoms with Gasteiger partial charge in [-0.3, -0.25) is 0 Å². The van der Waals surface area contributed by atoms with Crippen LogP contribution in [0.25, 0.3) is 0 Å². The van der Waals surface area contributed by atoms with Gasteiger partial charge in [0.15, 0.2) is 0 Å². The fourth-order valence-electron chi connectivity index (χ4n) is 1.55. The maximum absolute atomic E-state index is 8.91. The fraction of sp³-hybridized carbons (Fsp3) is 0.545. The Morgan fingerprint density at radius 1 is 1.07 bits per heavy atom. The molecule has 0 atom stereocenters. The van der Waals surface area contributed by atoms with Gasteiger partial charge in [-0.05, 0) is 25.0 Å². The van der Waals surface area contributed by atoms with E-state index in [1.54, 1.807) is 18.2 Å². The van der Waals surface area contributed by atoms with Crippen LogP contribution in [0.2, 0.25) is 0 Å². The zero-order chi connectivity index (χ0) is 11.1. The van der Waals surface area contributed by atoms with Crippen LogP contribution in [-0.2, 0) is 0 Å². The molecule has 1 saturated carbocycles. The number of rotatable bonds is 0. The number of pyridine rings is 1. The molecule has 4 nitrogen and oxygen atoms in total. The van der Waals surface area contributed by atoms with Crippen molar-refractivity contribution in [1.29, 1.82) is 0 Å². The maximum atomic E-state index is 8.91. The van der Waals surface area contributed by atoms with E-state index in [2.05, 4.69) is 4.98 Å². The highest BCUT2D eigenvalue weighted by atomic mass is 16.3. The lowest BCUT2D eigenvalue weighted by molar-refractivity contribution is 0.130. The summed E-state index contributed by atoms with van der Waals surface area (Å²) in [5, 5.41) is 8.91. The zero-order valence-electron chi connectivity index (χ0n) is 8.89. The van der Waals surface area contributed by atoms with Crippen molar-refractivity contribution < 1.29 is 5.11 Å². The molecule has 2 rings (SSSR count). The van der Waals surface area contributed by atoms with Crippen LogP contribution in [0.5, 0.6) is 0 Å². The third kappa shape index (κ3) is 5.22. The van der Waals surface area contributed by atoms with Gasteiger partial charge >= 0.3 is 0 Å². The van der Waals surface area contributed by atoms with E-state index in [0.29, 0.717) is 11.6 Å². The Hall–Kier alpha value is -1.29. The molecule has 84 valence electrons. The molecule has 0 bridgehead atoms.